The van der Waals surface area contributed by atoms with E-state index in [2.05, 4.69) is 20.8 Å². The third kappa shape index (κ3) is 1.86. The van der Waals surface area contributed by atoms with Gasteiger partial charge in [-0.15, -0.1) is 0 Å². The van der Waals surface area contributed by atoms with Crippen LogP contribution in [0.5, 0.6) is 0 Å². The van der Waals surface area contributed by atoms with Crippen LogP contribution in [0.4, 0.5) is 0 Å². The highest BCUT2D eigenvalue weighted by molar-refractivity contribution is 5.82. The van der Waals surface area contributed by atoms with Crippen molar-refractivity contribution in [1.29, 1.82) is 0 Å². The molecule has 0 bridgehead atoms. The molecule has 70 valence electrons. The van der Waals surface area contributed by atoms with E-state index in [9.17, 15) is 4.79 Å². The second-order valence-corrected chi connectivity index (χ2v) is 4.86. The Morgan fingerprint density at radius 2 is 1.92 bits per heavy atom. The third-order valence-corrected chi connectivity index (χ3v) is 2.97. The molecule has 0 spiro atoms. The summed E-state index contributed by atoms with van der Waals surface area (Å²) >= 11 is 0. The molecule has 0 radical (unpaired) electrons. The lowest BCUT2D eigenvalue weighted by Gasteiger charge is -2.42. The molecule has 0 unspecified atom stereocenters. The number of hydrogen-bond acceptors (Lipinski definition) is 2. The first-order valence-corrected chi connectivity index (χ1v) is 4.58. The van der Waals surface area contributed by atoms with E-state index in [0.717, 1.165) is 12.8 Å². The quantitative estimate of drug-likeness (QED) is 0.683. The van der Waals surface area contributed by atoms with Crippen molar-refractivity contribution < 1.29 is 9.90 Å². The van der Waals surface area contributed by atoms with Gasteiger partial charge in [0.1, 0.15) is 6.61 Å². The van der Waals surface area contributed by atoms with Gasteiger partial charge in [0.05, 0.1) is 0 Å². The van der Waals surface area contributed by atoms with E-state index in [4.69, 9.17) is 5.11 Å². The molecule has 0 amide bonds. The normalized spacial score (nSPS) is 29.7. The lowest BCUT2D eigenvalue weighted by molar-refractivity contribution is -0.131. The van der Waals surface area contributed by atoms with Crippen LogP contribution < -0.4 is 0 Å². The van der Waals surface area contributed by atoms with Gasteiger partial charge in [-0.1, -0.05) is 20.8 Å². The Bertz CT molecular complexity index is 173. The fraction of sp³-hybridized carbons (Fsp3) is 0.900. The highest BCUT2D eigenvalue weighted by Gasteiger charge is 2.39. The molecule has 0 atom stereocenters. The average molecular weight is 170 g/mol. The predicted molar refractivity (Wildman–Crippen MR) is 47.8 cm³/mol. The second kappa shape index (κ2) is 3.17. The maximum atomic E-state index is 11.0. The minimum Gasteiger partial charge on any atom is -0.389 e. The molecule has 0 aromatic heterocycles. The van der Waals surface area contributed by atoms with E-state index in [0.29, 0.717) is 11.3 Å². The first-order chi connectivity index (χ1) is 5.45. The molecule has 0 aromatic rings. The molecule has 2 nitrogen and oxygen atoms in total. The summed E-state index contributed by atoms with van der Waals surface area (Å²) in [6, 6.07) is 0. The summed E-state index contributed by atoms with van der Waals surface area (Å²) in [6.07, 6.45) is 1.95. The zero-order valence-corrected chi connectivity index (χ0v) is 8.13. The smallest absolute Gasteiger partial charge is 0.161 e. The van der Waals surface area contributed by atoms with Crippen molar-refractivity contribution in [3.8, 4) is 0 Å². The third-order valence-electron chi connectivity index (χ3n) is 2.97. The number of carbonyl (C=O) groups is 1. The summed E-state index contributed by atoms with van der Waals surface area (Å²) < 4.78 is 0. The van der Waals surface area contributed by atoms with E-state index < -0.39 is 0 Å². The first kappa shape index (κ1) is 9.72. The van der Waals surface area contributed by atoms with Gasteiger partial charge in [-0.25, -0.2) is 0 Å². The van der Waals surface area contributed by atoms with Gasteiger partial charge >= 0.3 is 0 Å². The van der Waals surface area contributed by atoms with Crippen molar-refractivity contribution in [3.05, 3.63) is 0 Å². The average Bonchev–Trinajstić information content (AvgIpc) is 1.80. The maximum absolute atomic E-state index is 11.0. The van der Waals surface area contributed by atoms with Crippen molar-refractivity contribution in [2.75, 3.05) is 6.61 Å². The Labute approximate surface area is 74.0 Å². The van der Waals surface area contributed by atoms with Crippen LogP contribution in [0.3, 0.4) is 0 Å². The second-order valence-electron chi connectivity index (χ2n) is 4.86. The molecule has 1 aliphatic carbocycles. The van der Waals surface area contributed by atoms with Crippen LogP contribution in [0.1, 0.15) is 33.6 Å². The van der Waals surface area contributed by atoms with Crippen molar-refractivity contribution in [1.82, 2.24) is 0 Å². The van der Waals surface area contributed by atoms with E-state index >= 15 is 0 Å². The van der Waals surface area contributed by atoms with Gasteiger partial charge < -0.3 is 5.11 Å². The Morgan fingerprint density at radius 3 is 2.25 bits per heavy atom. The monoisotopic (exact) mass is 170 g/mol. The molecule has 1 saturated carbocycles. The van der Waals surface area contributed by atoms with Crippen molar-refractivity contribution in [2.24, 2.45) is 17.3 Å². The van der Waals surface area contributed by atoms with E-state index in [1.165, 1.54) is 0 Å². The minimum atomic E-state index is -0.276. The lowest BCUT2D eigenvalue weighted by Crippen LogP contribution is -2.38. The van der Waals surface area contributed by atoms with Gasteiger partial charge in [-0.05, 0) is 24.2 Å². The SMILES string of the molecule is CC(C)(C)C1CC(C(=O)CO)C1. The Morgan fingerprint density at radius 1 is 1.42 bits per heavy atom. The summed E-state index contributed by atoms with van der Waals surface area (Å²) in [4.78, 5) is 11.0. The number of hydrogen-bond donors (Lipinski definition) is 1. The number of aliphatic hydroxyl groups is 1. The largest absolute Gasteiger partial charge is 0.389 e. The highest BCUT2D eigenvalue weighted by Crippen LogP contribution is 2.45. The Balaban J connectivity index is 2.34. The molecule has 1 fully saturated rings. The van der Waals surface area contributed by atoms with E-state index in [-0.39, 0.29) is 18.3 Å². The number of Topliss-reactive ketones (excluding diaryl/α,β-unsaturated/α-hetero) is 1. The molecule has 12 heavy (non-hydrogen) atoms. The number of aliphatic hydroxyl groups excluding tert-OH is 1. The van der Waals surface area contributed by atoms with Gasteiger partial charge in [-0.3, -0.25) is 4.79 Å². The molecule has 0 aromatic carbocycles. The van der Waals surface area contributed by atoms with Gasteiger partial charge in [0, 0.05) is 5.92 Å². The fourth-order valence-corrected chi connectivity index (χ4v) is 1.72. The van der Waals surface area contributed by atoms with Crippen molar-refractivity contribution in [3.63, 3.8) is 0 Å². The van der Waals surface area contributed by atoms with Crippen LogP contribution in [0.15, 0.2) is 0 Å². The molecular weight excluding hydrogens is 152 g/mol. The lowest BCUT2D eigenvalue weighted by atomic mass is 9.62. The van der Waals surface area contributed by atoms with Crippen molar-refractivity contribution >= 4 is 5.78 Å². The molecule has 0 heterocycles. The summed E-state index contributed by atoms with van der Waals surface area (Å²) in [5, 5.41) is 8.61. The van der Waals surface area contributed by atoms with Crippen LogP contribution in [0, 0.1) is 17.3 Å². The number of carbonyl (C=O) groups excluding carboxylic acids is 1. The molecule has 2 heteroatoms. The predicted octanol–water partition coefficient (Wildman–Crippen LogP) is 1.62. The molecule has 0 saturated heterocycles. The summed E-state index contributed by atoms with van der Waals surface area (Å²) in [7, 11) is 0. The van der Waals surface area contributed by atoms with Crippen molar-refractivity contribution in [2.45, 2.75) is 33.6 Å². The highest BCUT2D eigenvalue weighted by atomic mass is 16.3. The van der Waals surface area contributed by atoms with Gasteiger partial charge in [-0.2, -0.15) is 0 Å². The van der Waals surface area contributed by atoms with Gasteiger partial charge in [0.25, 0.3) is 0 Å². The standard InChI is InChI=1S/C10H18O2/c1-10(2,3)8-4-7(5-8)9(12)6-11/h7-8,11H,4-6H2,1-3H3. The summed E-state index contributed by atoms with van der Waals surface area (Å²) in [5.41, 5.74) is 0.326. The molecule has 1 aliphatic rings. The van der Waals surface area contributed by atoms with Crippen LogP contribution >= 0.6 is 0 Å². The van der Waals surface area contributed by atoms with Gasteiger partial charge in [0.15, 0.2) is 5.78 Å². The van der Waals surface area contributed by atoms with Crippen LogP contribution in [-0.4, -0.2) is 17.5 Å². The van der Waals surface area contributed by atoms with Crippen LogP contribution in [-0.2, 0) is 4.79 Å². The van der Waals surface area contributed by atoms with E-state index in [1.807, 2.05) is 0 Å². The Hall–Kier alpha value is -0.370. The zero-order chi connectivity index (χ0) is 9.35. The summed E-state index contributed by atoms with van der Waals surface area (Å²) in [6.45, 7) is 6.34. The maximum Gasteiger partial charge on any atom is 0.161 e. The fourth-order valence-electron chi connectivity index (χ4n) is 1.72. The molecule has 1 rings (SSSR count). The Kier molecular flexibility index (Phi) is 2.57. The number of rotatable bonds is 2. The van der Waals surface area contributed by atoms with Gasteiger partial charge in [0.2, 0.25) is 0 Å². The van der Waals surface area contributed by atoms with Crippen LogP contribution in [0.2, 0.25) is 0 Å². The first-order valence-electron chi connectivity index (χ1n) is 4.58. The van der Waals surface area contributed by atoms with E-state index in [1.54, 1.807) is 0 Å². The minimum absolute atomic E-state index is 0.0236. The number of ketones is 1. The molecule has 0 aliphatic heterocycles. The topological polar surface area (TPSA) is 37.3 Å². The molecule has 1 N–H and O–H groups in total. The summed E-state index contributed by atoms with van der Waals surface area (Å²) in [5.74, 6) is 0.840. The van der Waals surface area contributed by atoms with Crippen LogP contribution in [0.25, 0.3) is 0 Å². The zero-order valence-electron chi connectivity index (χ0n) is 8.13. The molecular formula is C10H18O2.